The van der Waals surface area contributed by atoms with Crippen LogP contribution in [0.3, 0.4) is 0 Å². The number of carbonyl (C=O) groups is 1. The maximum atomic E-state index is 10.8. The average molecular weight is 271 g/mol. The van der Waals surface area contributed by atoms with Crippen molar-refractivity contribution in [3.8, 4) is 5.75 Å². The molecular formula is C10H7BrO2S. The highest BCUT2D eigenvalue weighted by atomic mass is 79.9. The van der Waals surface area contributed by atoms with Gasteiger partial charge >= 0.3 is 0 Å². The zero-order valence-electron chi connectivity index (χ0n) is 7.16. The summed E-state index contributed by atoms with van der Waals surface area (Å²) in [7, 11) is 0. The molecule has 1 aromatic carbocycles. The van der Waals surface area contributed by atoms with Crippen molar-refractivity contribution in [2.45, 2.75) is 5.33 Å². The summed E-state index contributed by atoms with van der Waals surface area (Å²) in [5, 5.41) is 13.0. The predicted molar refractivity (Wildman–Crippen MR) is 61.5 cm³/mol. The normalized spacial score (nSPS) is 10.6. The minimum absolute atomic E-state index is 0.0909. The first-order chi connectivity index (χ1) is 6.77. The van der Waals surface area contributed by atoms with Gasteiger partial charge in [-0.1, -0.05) is 15.9 Å². The molecule has 1 N–H and O–H groups in total. The highest BCUT2D eigenvalue weighted by Crippen LogP contribution is 2.34. The summed E-state index contributed by atoms with van der Waals surface area (Å²) < 4.78 is 1.00. The number of carbonyl (C=O) groups excluding carboxylic acids is 1. The van der Waals surface area contributed by atoms with Gasteiger partial charge in [0.05, 0.1) is 5.56 Å². The molecule has 0 saturated carbocycles. The highest BCUT2D eigenvalue weighted by molar-refractivity contribution is 9.08. The third kappa shape index (κ3) is 1.35. The molecule has 0 fully saturated rings. The van der Waals surface area contributed by atoms with Crippen LogP contribution in [0.4, 0.5) is 0 Å². The summed E-state index contributed by atoms with van der Waals surface area (Å²) in [6.45, 7) is 0. The van der Waals surface area contributed by atoms with E-state index in [0.717, 1.165) is 15.6 Å². The lowest BCUT2D eigenvalue weighted by molar-refractivity contribution is 0.112. The topological polar surface area (TPSA) is 37.3 Å². The molecule has 2 nitrogen and oxygen atoms in total. The standard InChI is InChI=1S/C10H7BrO2S/c11-4-6-3-9-7(1-2-14-9)10(13)8(6)5-12/h1-3,5,13H,4H2. The number of rotatable bonds is 2. The molecule has 0 aliphatic heterocycles. The van der Waals surface area contributed by atoms with Gasteiger partial charge in [0.15, 0.2) is 6.29 Å². The fourth-order valence-corrected chi connectivity index (χ4v) is 2.72. The maximum Gasteiger partial charge on any atom is 0.154 e. The van der Waals surface area contributed by atoms with Gasteiger partial charge in [-0.3, -0.25) is 4.79 Å². The Bertz CT molecular complexity index is 490. The number of fused-ring (bicyclic) bond motifs is 1. The molecule has 0 amide bonds. The summed E-state index contributed by atoms with van der Waals surface area (Å²) in [5.74, 6) is 0.0909. The highest BCUT2D eigenvalue weighted by Gasteiger charge is 2.11. The van der Waals surface area contributed by atoms with Gasteiger partial charge in [-0.25, -0.2) is 0 Å². The Hall–Kier alpha value is -0.870. The molecular weight excluding hydrogens is 264 g/mol. The van der Waals surface area contributed by atoms with Crippen molar-refractivity contribution in [2.24, 2.45) is 0 Å². The SMILES string of the molecule is O=Cc1c(CBr)cc2sccc2c1O. The third-order valence-electron chi connectivity index (χ3n) is 2.12. The fraction of sp³-hybridized carbons (Fsp3) is 0.100. The van der Waals surface area contributed by atoms with Crippen LogP contribution < -0.4 is 0 Å². The Morgan fingerprint density at radius 1 is 1.57 bits per heavy atom. The summed E-state index contributed by atoms with van der Waals surface area (Å²) in [4.78, 5) is 10.8. The van der Waals surface area contributed by atoms with Gasteiger partial charge in [-0.05, 0) is 23.1 Å². The monoisotopic (exact) mass is 270 g/mol. The number of halogens is 1. The van der Waals surface area contributed by atoms with Crippen LogP contribution in [0, 0.1) is 0 Å². The van der Waals surface area contributed by atoms with Crippen molar-refractivity contribution in [3.05, 3.63) is 28.6 Å². The number of aromatic hydroxyl groups is 1. The van der Waals surface area contributed by atoms with E-state index in [0.29, 0.717) is 17.2 Å². The summed E-state index contributed by atoms with van der Waals surface area (Å²) in [6.07, 6.45) is 0.697. The first-order valence-electron chi connectivity index (χ1n) is 4.01. The van der Waals surface area contributed by atoms with Crippen LogP contribution in [-0.4, -0.2) is 11.4 Å². The Kier molecular flexibility index (Phi) is 2.56. The number of hydrogen-bond acceptors (Lipinski definition) is 3. The van der Waals surface area contributed by atoms with Crippen molar-refractivity contribution in [2.75, 3.05) is 0 Å². The Labute approximate surface area is 93.3 Å². The van der Waals surface area contributed by atoms with Crippen LogP contribution in [0.15, 0.2) is 17.5 Å². The molecule has 0 radical (unpaired) electrons. The minimum atomic E-state index is 0.0909. The molecule has 14 heavy (non-hydrogen) atoms. The summed E-state index contributed by atoms with van der Waals surface area (Å²) in [5.41, 5.74) is 1.21. The van der Waals surface area contributed by atoms with Gasteiger partial charge in [-0.2, -0.15) is 0 Å². The minimum Gasteiger partial charge on any atom is -0.507 e. The number of hydrogen-bond donors (Lipinski definition) is 1. The number of aldehydes is 1. The van der Waals surface area contributed by atoms with Crippen LogP contribution in [0.2, 0.25) is 0 Å². The molecule has 0 bridgehead atoms. The smallest absolute Gasteiger partial charge is 0.154 e. The molecule has 0 unspecified atom stereocenters. The Balaban J connectivity index is 2.85. The maximum absolute atomic E-state index is 10.8. The van der Waals surface area contributed by atoms with E-state index in [9.17, 15) is 9.90 Å². The number of benzene rings is 1. The van der Waals surface area contributed by atoms with E-state index in [-0.39, 0.29) is 5.75 Å². The number of thiophene rings is 1. The molecule has 0 aliphatic rings. The fourth-order valence-electron chi connectivity index (χ4n) is 1.40. The molecule has 2 aromatic rings. The van der Waals surface area contributed by atoms with Gasteiger partial charge in [0.1, 0.15) is 5.75 Å². The van der Waals surface area contributed by atoms with E-state index in [1.165, 1.54) is 0 Å². The molecule has 0 saturated heterocycles. The van der Waals surface area contributed by atoms with Gasteiger partial charge in [-0.15, -0.1) is 11.3 Å². The summed E-state index contributed by atoms with van der Waals surface area (Å²) in [6, 6.07) is 3.75. The van der Waals surface area contributed by atoms with Gasteiger partial charge in [0, 0.05) is 15.4 Å². The second-order valence-electron chi connectivity index (χ2n) is 2.88. The quantitative estimate of drug-likeness (QED) is 0.672. The van der Waals surface area contributed by atoms with E-state index >= 15 is 0 Å². The van der Waals surface area contributed by atoms with Gasteiger partial charge in [0.25, 0.3) is 0 Å². The third-order valence-corrected chi connectivity index (χ3v) is 3.59. The average Bonchev–Trinajstić information content (AvgIpc) is 2.65. The number of alkyl halides is 1. The van der Waals surface area contributed by atoms with Crippen LogP contribution in [0.25, 0.3) is 10.1 Å². The van der Waals surface area contributed by atoms with E-state index in [1.807, 2.05) is 17.5 Å². The number of phenolic OH excluding ortho intramolecular Hbond substituents is 1. The predicted octanol–water partition coefficient (Wildman–Crippen LogP) is 3.31. The van der Waals surface area contributed by atoms with Crippen molar-refractivity contribution < 1.29 is 9.90 Å². The first-order valence-corrected chi connectivity index (χ1v) is 6.01. The second kappa shape index (κ2) is 3.71. The molecule has 4 heteroatoms. The molecule has 0 aliphatic carbocycles. The van der Waals surface area contributed by atoms with Crippen LogP contribution in [0.5, 0.6) is 5.75 Å². The van der Waals surface area contributed by atoms with Gasteiger partial charge in [0.2, 0.25) is 0 Å². The van der Waals surface area contributed by atoms with Crippen molar-refractivity contribution in [3.63, 3.8) is 0 Å². The Morgan fingerprint density at radius 2 is 2.36 bits per heavy atom. The molecule has 72 valence electrons. The Morgan fingerprint density at radius 3 is 3.00 bits per heavy atom. The lowest BCUT2D eigenvalue weighted by Crippen LogP contribution is -1.89. The largest absolute Gasteiger partial charge is 0.507 e. The molecule has 0 spiro atoms. The van der Waals surface area contributed by atoms with Crippen LogP contribution >= 0.6 is 27.3 Å². The molecule has 1 aromatic heterocycles. The van der Waals surface area contributed by atoms with E-state index in [1.54, 1.807) is 11.3 Å². The van der Waals surface area contributed by atoms with E-state index in [4.69, 9.17) is 0 Å². The zero-order valence-corrected chi connectivity index (χ0v) is 9.56. The van der Waals surface area contributed by atoms with Crippen LogP contribution in [0.1, 0.15) is 15.9 Å². The zero-order chi connectivity index (χ0) is 10.1. The lowest BCUT2D eigenvalue weighted by Gasteiger charge is -2.04. The lowest BCUT2D eigenvalue weighted by atomic mass is 10.1. The van der Waals surface area contributed by atoms with E-state index < -0.39 is 0 Å². The second-order valence-corrected chi connectivity index (χ2v) is 4.39. The molecule has 0 atom stereocenters. The van der Waals surface area contributed by atoms with Crippen LogP contribution in [-0.2, 0) is 5.33 Å². The van der Waals surface area contributed by atoms with Crippen molar-refractivity contribution in [1.82, 2.24) is 0 Å². The van der Waals surface area contributed by atoms with Gasteiger partial charge < -0.3 is 5.11 Å². The van der Waals surface area contributed by atoms with Crippen molar-refractivity contribution in [1.29, 1.82) is 0 Å². The summed E-state index contributed by atoms with van der Waals surface area (Å²) >= 11 is 4.85. The first kappa shape index (κ1) is 9.68. The molecule has 2 rings (SSSR count). The van der Waals surface area contributed by atoms with Crippen molar-refractivity contribution >= 4 is 43.6 Å². The number of phenols is 1. The molecule has 1 heterocycles. The van der Waals surface area contributed by atoms with E-state index in [2.05, 4.69) is 15.9 Å².